The fourth-order valence-electron chi connectivity index (χ4n) is 4.23. The first-order chi connectivity index (χ1) is 20.0. The predicted octanol–water partition coefficient (Wildman–Crippen LogP) is 6.02. The van der Waals surface area contributed by atoms with Crippen LogP contribution in [0.4, 0.5) is 4.39 Å². The lowest BCUT2D eigenvalue weighted by Gasteiger charge is -2.13. The minimum absolute atomic E-state index is 0.0950. The van der Waals surface area contributed by atoms with E-state index in [1.807, 2.05) is 0 Å². The second-order valence-electron chi connectivity index (χ2n) is 9.51. The SMILES string of the molecule is COc1cc2sc(C(=O)CCC(=O)O)cc2nc1CCCOc1c(OC)cc2sc(C(=O)CC(C)C(=O)O)cc2c1F. The van der Waals surface area contributed by atoms with Crippen LogP contribution in [0.1, 0.15) is 57.6 Å². The van der Waals surface area contributed by atoms with Crippen molar-refractivity contribution in [1.82, 2.24) is 4.98 Å². The molecule has 0 spiro atoms. The molecule has 13 heteroatoms. The number of ketones is 2. The fraction of sp³-hybridized carbons (Fsp3) is 0.345. The van der Waals surface area contributed by atoms with Gasteiger partial charge in [0.05, 0.1) is 58.8 Å². The number of hydrogen-bond acceptors (Lipinski definition) is 10. The predicted molar refractivity (Wildman–Crippen MR) is 155 cm³/mol. The number of benzene rings is 1. The molecule has 4 rings (SSSR count). The molecule has 0 radical (unpaired) electrons. The normalized spacial score (nSPS) is 11.9. The van der Waals surface area contributed by atoms with Crippen LogP contribution < -0.4 is 14.2 Å². The second kappa shape index (κ2) is 13.3. The number of aryl methyl sites for hydroxylation is 1. The number of carbonyl (C=O) groups is 4. The Kier molecular flexibility index (Phi) is 9.74. The van der Waals surface area contributed by atoms with E-state index in [4.69, 9.17) is 24.4 Å². The lowest BCUT2D eigenvalue weighted by Crippen LogP contribution is -2.13. The van der Waals surface area contributed by atoms with Crippen LogP contribution in [0.25, 0.3) is 20.3 Å². The quantitative estimate of drug-likeness (QED) is 0.120. The highest BCUT2D eigenvalue weighted by Crippen LogP contribution is 2.40. The van der Waals surface area contributed by atoms with Crippen LogP contribution in [0.2, 0.25) is 0 Å². The van der Waals surface area contributed by atoms with Crippen LogP contribution in [0.15, 0.2) is 24.3 Å². The molecule has 1 atom stereocenters. The van der Waals surface area contributed by atoms with E-state index in [0.717, 1.165) is 16.0 Å². The highest BCUT2D eigenvalue weighted by Gasteiger charge is 2.23. The minimum Gasteiger partial charge on any atom is -0.495 e. The van der Waals surface area contributed by atoms with Crippen molar-refractivity contribution in [2.75, 3.05) is 20.8 Å². The topological polar surface area (TPSA) is 149 Å². The van der Waals surface area contributed by atoms with Crippen molar-refractivity contribution >= 4 is 66.5 Å². The van der Waals surface area contributed by atoms with Crippen LogP contribution in [0.3, 0.4) is 0 Å². The molecule has 0 aliphatic rings. The van der Waals surface area contributed by atoms with Crippen LogP contribution in [0, 0.1) is 11.7 Å². The number of carbonyl (C=O) groups excluding carboxylic acids is 2. The number of carboxylic acid groups (broad SMARTS) is 2. The molecule has 0 saturated heterocycles. The van der Waals surface area contributed by atoms with Crippen molar-refractivity contribution in [2.45, 2.75) is 39.0 Å². The molecule has 0 fully saturated rings. The minimum atomic E-state index is -1.08. The first-order valence-electron chi connectivity index (χ1n) is 12.9. The zero-order valence-electron chi connectivity index (χ0n) is 23.0. The van der Waals surface area contributed by atoms with Gasteiger partial charge in [0.1, 0.15) is 5.75 Å². The van der Waals surface area contributed by atoms with Gasteiger partial charge in [-0.1, -0.05) is 6.92 Å². The molecule has 4 aromatic rings. The molecule has 0 aliphatic heterocycles. The lowest BCUT2D eigenvalue weighted by atomic mass is 10.0. The molecule has 2 N–H and O–H groups in total. The summed E-state index contributed by atoms with van der Waals surface area (Å²) in [4.78, 5) is 52.1. The number of aromatic nitrogens is 1. The first kappa shape index (κ1) is 30.8. The van der Waals surface area contributed by atoms with Gasteiger partial charge in [-0.3, -0.25) is 19.2 Å². The number of Topliss-reactive ketones (excluding diaryl/α,β-unsaturated/α-hetero) is 2. The smallest absolute Gasteiger partial charge is 0.306 e. The van der Waals surface area contributed by atoms with E-state index in [9.17, 15) is 19.2 Å². The van der Waals surface area contributed by atoms with Crippen molar-refractivity contribution < 1.29 is 48.0 Å². The number of rotatable bonds is 15. The number of methoxy groups -OCH3 is 2. The maximum Gasteiger partial charge on any atom is 0.306 e. The average Bonchev–Trinajstić information content (AvgIpc) is 3.58. The first-order valence-corrected chi connectivity index (χ1v) is 14.6. The Bertz CT molecular complexity index is 1680. The molecule has 0 bridgehead atoms. The summed E-state index contributed by atoms with van der Waals surface area (Å²) in [5.74, 6) is -3.72. The van der Waals surface area contributed by atoms with Crippen LogP contribution >= 0.6 is 22.7 Å². The number of hydrogen-bond donors (Lipinski definition) is 2. The molecule has 0 aliphatic carbocycles. The van der Waals surface area contributed by atoms with Gasteiger partial charge < -0.3 is 24.4 Å². The third-order valence-electron chi connectivity index (χ3n) is 6.50. The van der Waals surface area contributed by atoms with E-state index in [-0.39, 0.29) is 59.2 Å². The van der Waals surface area contributed by atoms with Gasteiger partial charge in [-0.15, -0.1) is 22.7 Å². The molecule has 222 valence electrons. The number of halogens is 1. The Morgan fingerprint density at radius 1 is 0.929 bits per heavy atom. The molecular formula is C29H28FNO9S2. The van der Waals surface area contributed by atoms with Crippen LogP contribution in [0.5, 0.6) is 17.2 Å². The summed E-state index contributed by atoms with van der Waals surface area (Å²) in [5.41, 5.74) is 1.21. The van der Waals surface area contributed by atoms with E-state index in [0.29, 0.717) is 39.4 Å². The van der Waals surface area contributed by atoms with E-state index < -0.39 is 23.7 Å². The number of pyridine rings is 1. The summed E-state index contributed by atoms with van der Waals surface area (Å²) in [7, 11) is 2.89. The summed E-state index contributed by atoms with van der Waals surface area (Å²) in [5, 5.41) is 18.1. The number of carboxylic acids is 2. The van der Waals surface area contributed by atoms with Crippen molar-refractivity contribution in [3.05, 3.63) is 45.5 Å². The molecule has 1 unspecified atom stereocenters. The second-order valence-corrected chi connectivity index (χ2v) is 11.7. The van der Waals surface area contributed by atoms with Gasteiger partial charge >= 0.3 is 11.9 Å². The number of nitrogens with zero attached hydrogens (tertiary/aromatic N) is 1. The van der Waals surface area contributed by atoms with E-state index >= 15 is 4.39 Å². The highest BCUT2D eigenvalue weighted by molar-refractivity contribution is 7.21. The maximum absolute atomic E-state index is 15.5. The molecule has 3 aromatic heterocycles. The molecule has 10 nitrogen and oxygen atoms in total. The monoisotopic (exact) mass is 617 g/mol. The Labute approximate surface area is 247 Å². The van der Waals surface area contributed by atoms with Gasteiger partial charge in [0, 0.05) is 35.1 Å². The summed E-state index contributed by atoms with van der Waals surface area (Å²) in [6.45, 7) is 1.55. The molecular weight excluding hydrogens is 589 g/mol. The summed E-state index contributed by atoms with van der Waals surface area (Å²) >= 11 is 2.29. The fourth-order valence-corrected chi connectivity index (χ4v) is 6.26. The summed E-state index contributed by atoms with van der Waals surface area (Å²) in [6.07, 6.45) is 0.321. The number of aliphatic carboxylic acids is 2. The van der Waals surface area contributed by atoms with Crippen molar-refractivity contribution in [3.63, 3.8) is 0 Å². The van der Waals surface area contributed by atoms with E-state index in [1.54, 1.807) is 18.2 Å². The van der Waals surface area contributed by atoms with Gasteiger partial charge in [0.25, 0.3) is 0 Å². The van der Waals surface area contributed by atoms with Crippen molar-refractivity contribution in [1.29, 1.82) is 0 Å². The van der Waals surface area contributed by atoms with Crippen molar-refractivity contribution in [3.8, 4) is 17.2 Å². The third kappa shape index (κ3) is 6.85. The molecule has 0 amide bonds. The lowest BCUT2D eigenvalue weighted by molar-refractivity contribution is -0.141. The van der Waals surface area contributed by atoms with Gasteiger partial charge in [-0.05, 0) is 25.0 Å². The van der Waals surface area contributed by atoms with Gasteiger partial charge in [0.2, 0.25) is 0 Å². The molecule has 42 heavy (non-hydrogen) atoms. The van der Waals surface area contributed by atoms with E-state index in [2.05, 4.69) is 4.98 Å². The molecule has 3 heterocycles. The zero-order chi connectivity index (χ0) is 30.6. The Hall–Kier alpha value is -4.10. The zero-order valence-corrected chi connectivity index (χ0v) is 24.7. The third-order valence-corrected chi connectivity index (χ3v) is 8.73. The summed E-state index contributed by atoms with van der Waals surface area (Å²) in [6, 6.07) is 6.41. The Morgan fingerprint density at radius 3 is 2.26 bits per heavy atom. The molecule has 1 aromatic carbocycles. The Morgan fingerprint density at radius 2 is 1.60 bits per heavy atom. The number of fused-ring (bicyclic) bond motifs is 2. The van der Waals surface area contributed by atoms with E-state index in [1.165, 1.54) is 38.5 Å². The Balaban J connectivity index is 1.47. The van der Waals surface area contributed by atoms with Gasteiger partial charge in [-0.2, -0.15) is 0 Å². The van der Waals surface area contributed by atoms with Gasteiger partial charge in [-0.25, -0.2) is 9.37 Å². The van der Waals surface area contributed by atoms with Crippen LogP contribution in [-0.4, -0.2) is 59.5 Å². The standard InChI is InChI=1S/C29H28FNO9S2/c1-14(29(36)37)9-19(33)24-10-15-22(41-24)13-21(39-3)28(27(15)30)40-8-4-5-16-20(38-2)12-23-17(31-16)11-25(42-23)18(32)6-7-26(34)35/h10-14H,4-9H2,1-3H3,(H,34,35)(H,36,37). The van der Waals surface area contributed by atoms with Gasteiger partial charge in [0.15, 0.2) is 28.9 Å². The number of ether oxygens (including phenoxy) is 3. The maximum atomic E-state index is 15.5. The highest BCUT2D eigenvalue weighted by atomic mass is 32.1. The van der Waals surface area contributed by atoms with Crippen molar-refractivity contribution in [2.24, 2.45) is 5.92 Å². The number of thiophene rings is 2. The largest absolute Gasteiger partial charge is 0.495 e. The summed E-state index contributed by atoms with van der Waals surface area (Å²) < 4.78 is 33.3. The van der Waals surface area contributed by atoms with Crippen LogP contribution in [-0.2, 0) is 16.0 Å². The average molecular weight is 618 g/mol. The molecule has 0 saturated carbocycles.